The number of nitrogens with one attached hydrogen (secondary N) is 1. The number of hydrogen-bond acceptors (Lipinski definition) is 3. The van der Waals surface area contributed by atoms with Crippen LogP contribution in [-0.2, 0) is 6.42 Å². The predicted octanol–water partition coefficient (Wildman–Crippen LogP) is 2.61. The first kappa shape index (κ1) is 13.6. The molecule has 3 aliphatic rings. The zero-order valence-corrected chi connectivity index (χ0v) is 13.1. The van der Waals surface area contributed by atoms with Gasteiger partial charge in [0.2, 0.25) is 0 Å². The second-order valence-corrected chi connectivity index (χ2v) is 7.01. The number of likely N-dealkylation sites (N-methyl/N-ethyl adjacent to an activating group) is 1. The van der Waals surface area contributed by atoms with Crippen LogP contribution < -0.4 is 10.1 Å². The average molecular weight is 286 g/mol. The van der Waals surface area contributed by atoms with E-state index in [4.69, 9.17) is 4.74 Å². The van der Waals surface area contributed by atoms with Gasteiger partial charge in [0.25, 0.3) is 0 Å². The molecule has 1 saturated heterocycles. The van der Waals surface area contributed by atoms with Crippen molar-refractivity contribution in [1.82, 2.24) is 10.2 Å². The molecule has 2 fully saturated rings. The monoisotopic (exact) mass is 286 g/mol. The summed E-state index contributed by atoms with van der Waals surface area (Å²) in [7, 11) is 3.85. The standard InChI is InChI=1S/C18H26N2O/c1-19-18-16-9-15(21-2)7-6-12(16)8-17(18)20-10-13-4-3-5-14(13)11-20/h6-7,9,13-14,17-19H,3-5,8,10-11H2,1-2H3. The minimum Gasteiger partial charge on any atom is -0.497 e. The molecule has 1 aliphatic heterocycles. The summed E-state index contributed by atoms with van der Waals surface area (Å²) < 4.78 is 5.41. The van der Waals surface area contributed by atoms with Gasteiger partial charge in [-0.3, -0.25) is 4.90 Å². The van der Waals surface area contributed by atoms with Gasteiger partial charge in [-0.15, -0.1) is 0 Å². The van der Waals surface area contributed by atoms with Gasteiger partial charge in [0.1, 0.15) is 5.75 Å². The summed E-state index contributed by atoms with van der Waals surface area (Å²) in [5.41, 5.74) is 2.94. The average Bonchev–Trinajstić information content (AvgIpc) is 3.17. The van der Waals surface area contributed by atoms with Crippen molar-refractivity contribution in [3.8, 4) is 5.75 Å². The number of rotatable bonds is 3. The highest BCUT2D eigenvalue weighted by Crippen LogP contribution is 2.43. The molecule has 0 spiro atoms. The van der Waals surface area contributed by atoms with Crippen LogP contribution in [0, 0.1) is 11.8 Å². The van der Waals surface area contributed by atoms with Crippen molar-refractivity contribution in [3.63, 3.8) is 0 Å². The lowest BCUT2D eigenvalue weighted by Crippen LogP contribution is -2.41. The lowest BCUT2D eigenvalue weighted by Gasteiger charge is -2.30. The summed E-state index contributed by atoms with van der Waals surface area (Å²) in [5.74, 6) is 2.93. The summed E-state index contributed by atoms with van der Waals surface area (Å²) in [6, 6.07) is 7.67. The molecular weight excluding hydrogens is 260 g/mol. The Kier molecular flexibility index (Phi) is 3.43. The molecule has 2 aliphatic carbocycles. The van der Waals surface area contributed by atoms with Crippen molar-refractivity contribution < 1.29 is 4.74 Å². The van der Waals surface area contributed by atoms with Crippen LogP contribution in [0.15, 0.2) is 18.2 Å². The van der Waals surface area contributed by atoms with Crippen LogP contribution in [0.2, 0.25) is 0 Å². The number of fused-ring (bicyclic) bond motifs is 2. The highest BCUT2D eigenvalue weighted by atomic mass is 16.5. The molecule has 0 aromatic heterocycles. The van der Waals surface area contributed by atoms with Gasteiger partial charge < -0.3 is 10.1 Å². The second kappa shape index (κ2) is 5.29. The first-order valence-corrected chi connectivity index (χ1v) is 8.38. The first-order valence-electron chi connectivity index (χ1n) is 8.38. The van der Waals surface area contributed by atoms with E-state index >= 15 is 0 Å². The van der Waals surface area contributed by atoms with Gasteiger partial charge in [-0.1, -0.05) is 12.5 Å². The normalized spacial score (nSPS) is 35.0. The maximum Gasteiger partial charge on any atom is 0.119 e. The minimum atomic E-state index is 0.453. The second-order valence-electron chi connectivity index (χ2n) is 7.01. The van der Waals surface area contributed by atoms with E-state index in [1.165, 1.54) is 49.9 Å². The molecule has 3 nitrogen and oxygen atoms in total. The third-order valence-electron chi connectivity index (χ3n) is 6.04. The van der Waals surface area contributed by atoms with Crippen LogP contribution in [0.25, 0.3) is 0 Å². The summed E-state index contributed by atoms with van der Waals surface area (Å²) in [6.07, 6.45) is 5.56. The molecule has 4 atom stereocenters. The number of likely N-dealkylation sites (tertiary alicyclic amines) is 1. The maximum atomic E-state index is 5.41. The smallest absolute Gasteiger partial charge is 0.119 e. The van der Waals surface area contributed by atoms with Gasteiger partial charge >= 0.3 is 0 Å². The van der Waals surface area contributed by atoms with E-state index in [-0.39, 0.29) is 0 Å². The predicted molar refractivity (Wildman–Crippen MR) is 84.7 cm³/mol. The molecule has 21 heavy (non-hydrogen) atoms. The van der Waals surface area contributed by atoms with Gasteiger partial charge in [-0.25, -0.2) is 0 Å². The van der Waals surface area contributed by atoms with Crippen molar-refractivity contribution in [2.75, 3.05) is 27.2 Å². The number of ether oxygens (including phenoxy) is 1. The molecule has 0 bridgehead atoms. The molecule has 1 N–H and O–H groups in total. The largest absolute Gasteiger partial charge is 0.497 e. The van der Waals surface area contributed by atoms with Crippen LogP contribution in [0.4, 0.5) is 0 Å². The Balaban J connectivity index is 1.57. The summed E-state index contributed by atoms with van der Waals surface area (Å²) >= 11 is 0. The zero-order chi connectivity index (χ0) is 14.4. The molecule has 1 heterocycles. The Labute approximate surface area is 127 Å². The van der Waals surface area contributed by atoms with Gasteiger partial charge in [0.05, 0.1) is 7.11 Å². The highest BCUT2D eigenvalue weighted by molar-refractivity contribution is 5.43. The number of benzene rings is 1. The Morgan fingerprint density at radius 1 is 1.19 bits per heavy atom. The number of methoxy groups -OCH3 is 1. The topological polar surface area (TPSA) is 24.5 Å². The van der Waals surface area contributed by atoms with E-state index in [1.807, 2.05) is 0 Å². The molecule has 3 heteroatoms. The Morgan fingerprint density at radius 2 is 1.95 bits per heavy atom. The van der Waals surface area contributed by atoms with Crippen molar-refractivity contribution in [1.29, 1.82) is 0 Å². The van der Waals surface area contributed by atoms with E-state index in [2.05, 4.69) is 35.5 Å². The van der Waals surface area contributed by atoms with Gasteiger partial charge in [0, 0.05) is 25.2 Å². The lowest BCUT2D eigenvalue weighted by molar-refractivity contribution is 0.193. The zero-order valence-electron chi connectivity index (χ0n) is 13.1. The molecule has 114 valence electrons. The Morgan fingerprint density at radius 3 is 2.62 bits per heavy atom. The van der Waals surface area contributed by atoms with Gasteiger partial charge in [-0.2, -0.15) is 0 Å². The van der Waals surface area contributed by atoms with Crippen LogP contribution in [0.5, 0.6) is 5.75 Å². The molecule has 1 saturated carbocycles. The van der Waals surface area contributed by atoms with Crippen molar-refractivity contribution in [2.45, 2.75) is 37.8 Å². The van der Waals surface area contributed by atoms with Crippen LogP contribution in [0.3, 0.4) is 0 Å². The van der Waals surface area contributed by atoms with E-state index in [1.54, 1.807) is 7.11 Å². The van der Waals surface area contributed by atoms with Gasteiger partial charge in [-0.05, 0) is 61.4 Å². The van der Waals surface area contributed by atoms with Crippen LogP contribution >= 0.6 is 0 Å². The first-order chi connectivity index (χ1) is 10.3. The van der Waals surface area contributed by atoms with E-state index in [9.17, 15) is 0 Å². The fraction of sp³-hybridized carbons (Fsp3) is 0.667. The molecule has 0 radical (unpaired) electrons. The Bertz CT molecular complexity index is 518. The molecule has 1 aromatic rings. The van der Waals surface area contributed by atoms with E-state index in [0.29, 0.717) is 12.1 Å². The molecule has 1 aromatic carbocycles. The quantitative estimate of drug-likeness (QED) is 0.924. The van der Waals surface area contributed by atoms with Crippen LogP contribution in [-0.4, -0.2) is 38.2 Å². The summed E-state index contributed by atoms with van der Waals surface area (Å²) in [6.45, 7) is 2.64. The Hall–Kier alpha value is -1.06. The highest BCUT2D eigenvalue weighted by Gasteiger charge is 2.43. The number of hydrogen-bond donors (Lipinski definition) is 1. The summed E-state index contributed by atoms with van der Waals surface area (Å²) in [5, 5.41) is 3.57. The molecular formula is C18H26N2O. The lowest BCUT2D eigenvalue weighted by atomic mass is 10.0. The number of nitrogens with zero attached hydrogens (tertiary/aromatic N) is 1. The third kappa shape index (κ3) is 2.18. The van der Waals surface area contributed by atoms with Crippen LogP contribution in [0.1, 0.15) is 36.4 Å². The fourth-order valence-electron chi connectivity index (χ4n) is 4.96. The minimum absolute atomic E-state index is 0.453. The van der Waals surface area contributed by atoms with E-state index < -0.39 is 0 Å². The third-order valence-corrected chi connectivity index (χ3v) is 6.04. The molecule has 4 rings (SSSR count). The van der Waals surface area contributed by atoms with E-state index in [0.717, 1.165) is 17.6 Å². The fourth-order valence-corrected chi connectivity index (χ4v) is 4.96. The van der Waals surface area contributed by atoms with Gasteiger partial charge in [0.15, 0.2) is 0 Å². The van der Waals surface area contributed by atoms with Crippen molar-refractivity contribution in [3.05, 3.63) is 29.3 Å². The van der Waals surface area contributed by atoms with Crippen molar-refractivity contribution >= 4 is 0 Å². The summed E-state index contributed by atoms with van der Waals surface area (Å²) in [4.78, 5) is 2.77. The van der Waals surface area contributed by atoms with Crippen molar-refractivity contribution in [2.24, 2.45) is 11.8 Å². The molecule has 4 unspecified atom stereocenters. The molecule has 0 amide bonds. The maximum absolute atomic E-state index is 5.41. The SMILES string of the molecule is CNC1c2cc(OC)ccc2CC1N1CC2CCCC2C1.